The van der Waals surface area contributed by atoms with Gasteiger partial charge in [-0.05, 0) is 134 Å². The summed E-state index contributed by atoms with van der Waals surface area (Å²) >= 11 is 0. The van der Waals surface area contributed by atoms with E-state index in [1.165, 1.54) is 51.6 Å². The first-order valence-electron chi connectivity index (χ1n) is 20.8. The SMILES string of the molecule is CC(C)(C)c1ccc([S+](c2ccccc2)c2ccccc2)cc1.O=C1OC2C3CC(C2OC(=O)C24CC5CC(CC(C5)C2)C4)C(C(=O)Oc2ccc(S(=O)(=O)[O-])cc2)C13. The summed E-state index contributed by atoms with van der Waals surface area (Å²) in [5.74, 6) is -1.48. The van der Waals surface area contributed by atoms with Crippen molar-refractivity contribution in [2.75, 3.05) is 0 Å². The van der Waals surface area contributed by atoms with Crippen LogP contribution in [0.1, 0.15) is 71.3 Å². The Bertz CT molecular complexity index is 2250. The first-order valence-corrected chi connectivity index (χ1v) is 23.4. The lowest BCUT2D eigenvalue weighted by Crippen LogP contribution is -2.53. The monoisotopic (exact) mass is 834 g/mol. The van der Waals surface area contributed by atoms with Crippen LogP contribution in [-0.4, -0.2) is 43.1 Å². The number of fused-ring (bicyclic) bond motifs is 1. The summed E-state index contributed by atoms with van der Waals surface area (Å²) in [5.41, 5.74) is 1.13. The van der Waals surface area contributed by atoms with Gasteiger partial charge in [-0.2, -0.15) is 0 Å². The summed E-state index contributed by atoms with van der Waals surface area (Å²) in [7, 11) is -4.67. The fourth-order valence-electron chi connectivity index (χ4n) is 11.5. The van der Waals surface area contributed by atoms with E-state index in [0.29, 0.717) is 24.2 Å². The summed E-state index contributed by atoms with van der Waals surface area (Å²) in [6.45, 7) is 6.78. The van der Waals surface area contributed by atoms with Crippen molar-refractivity contribution >= 4 is 38.9 Å². The molecule has 6 unspecified atom stereocenters. The molecule has 6 saturated carbocycles. The number of esters is 3. The topological polar surface area (TPSA) is 136 Å². The van der Waals surface area contributed by atoms with E-state index in [1.54, 1.807) is 0 Å². The van der Waals surface area contributed by atoms with Crippen LogP contribution in [0.4, 0.5) is 0 Å². The van der Waals surface area contributed by atoms with Crippen LogP contribution in [0.15, 0.2) is 129 Å². The Kier molecular flexibility index (Phi) is 10.3. The molecule has 6 aliphatic carbocycles. The standard InChI is InChI=1S/C26H28O9S.C22H23S/c27-23(33-15-1-3-16(4-2-15)36(30,31)32)19-18-8-17-20(19)24(28)34-21(17)22(18)35-25(29)26-9-12-5-13(10-26)7-14(6-12)11-26;1-22(2,3)18-14-16-21(17-15-18)23(19-10-6-4-7-11-19)20-12-8-5-9-13-20/h1-4,12-14,17-22H,5-11H2,(H,30,31,32);4-17H,1-3H3/q;+1/p-1. The molecule has 308 valence electrons. The van der Waals surface area contributed by atoms with Gasteiger partial charge in [-0.3, -0.25) is 14.4 Å². The minimum absolute atomic E-state index is 0.0497. The second-order valence-corrected chi connectivity index (χ2v) is 22.0. The van der Waals surface area contributed by atoms with E-state index in [1.807, 2.05) is 0 Å². The van der Waals surface area contributed by atoms with Gasteiger partial charge in [0.05, 0.1) is 33.0 Å². The molecule has 7 aliphatic rings. The summed E-state index contributed by atoms with van der Waals surface area (Å²) < 4.78 is 50.7. The predicted octanol–water partition coefficient (Wildman–Crippen LogP) is 8.51. The lowest BCUT2D eigenvalue weighted by molar-refractivity contribution is -0.187. The average molecular weight is 835 g/mol. The van der Waals surface area contributed by atoms with Gasteiger partial charge in [-0.25, -0.2) is 8.42 Å². The maximum atomic E-state index is 13.6. The molecule has 9 nitrogen and oxygen atoms in total. The number of hydrogen-bond donors (Lipinski definition) is 0. The zero-order valence-corrected chi connectivity index (χ0v) is 35.2. The van der Waals surface area contributed by atoms with Crippen LogP contribution < -0.4 is 4.74 Å². The number of ether oxygens (including phenoxy) is 3. The third-order valence-corrected chi connectivity index (χ3v) is 16.9. The zero-order valence-electron chi connectivity index (χ0n) is 33.5. The molecule has 6 atom stereocenters. The lowest BCUT2D eigenvalue weighted by atomic mass is 9.49. The van der Waals surface area contributed by atoms with Crippen LogP contribution >= 0.6 is 0 Å². The quantitative estimate of drug-likeness (QED) is 0.0741. The van der Waals surface area contributed by atoms with Crippen LogP contribution in [0.25, 0.3) is 0 Å². The Balaban J connectivity index is 0.000000169. The van der Waals surface area contributed by atoms with Gasteiger partial charge in [0.1, 0.15) is 28.1 Å². The van der Waals surface area contributed by atoms with E-state index < -0.39 is 56.4 Å². The molecule has 4 aromatic rings. The largest absolute Gasteiger partial charge is 0.744 e. The molecule has 4 aromatic carbocycles. The average Bonchev–Trinajstić information content (AvgIpc) is 3.83. The first kappa shape index (κ1) is 40.0. The van der Waals surface area contributed by atoms with Gasteiger partial charge in [0.2, 0.25) is 0 Å². The third-order valence-electron chi connectivity index (χ3n) is 13.8. The highest BCUT2D eigenvalue weighted by molar-refractivity contribution is 7.97. The highest BCUT2D eigenvalue weighted by Crippen LogP contribution is 2.63. The van der Waals surface area contributed by atoms with E-state index in [4.69, 9.17) is 14.2 Å². The minimum atomic E-state index is -4.62. The van der Waals surface area contributed by atoms with Crippen molar-refractivity contribution in [3.63, 3.8) is 0 Å². The van der Waals surface area contributed by atoms with Crippen LogP contribution in [0, 0.1) is 46.8 Å². The molecule has 11 rings (SSSR count). The van der Waals surface area contributed by atoms with Gasteiger partial charge >= 0.3 is 17.9 Å². The van der Waals surface area contributed by atoms with Crippen molar-refractivity contribution in [1.82, 2.24) is 0 Å². The molecule has 1 saturated heterocycles. The molecule has 0 spiro atoms. The van der Waals surface area contributed by atoms with Crippen molar-refractivity contribution in [3.05, 3.63) is 115 Å². The molecule has 59 heavy (non-hydrogen) atoms. The lowest BCUT2D eigenvalue weighted by Gasteiger charge is -2.55. The van der Waals surface area contributed by atoms with Crippen LogP contribution in [0.2, 0.25) is 0 Å². The van der Waals surface area contributed by atoms with Gasteiger partial charge < -0.3 is 18.8 Å². The van der Waals surface area contributed by atoms with Gasteiger partial charge in [-0.1, -0.05) is 69.3 Å². The van der Waals surface area contributed by atoms with Crippen LogP contribution in [0.5, 0.6) is 5.75 Å². The smallest absolute Gasteiger partial charge is 0.315 e. The summed E-state index contributed by atoms with van der Waals surface area (Å²) in [6, 6.07) is 35.3. The highest BCUT2D eigenvalue weighted by atomic mass is 32.2. The van der Waals surface area contributed by atoms with Crippen molar-refractivity contribution in [2.24, 2.45) is 46.8 Å². The van der Waals surface area contributed by atoms with E-state index in [-0.39, 0.29) is 39.9 Å². The second kappa shape index (κ2) is 15.2. The maximum Gasteiger partial charge on any atom is 0.315 e. The number of carbonyl (C=O) groups excluding carboxylic acids is 3. The molecule has 1 aliphatic heterocycles. The van der Waals surface area contributed by atoms with Gasteiger partial charge in [0, 0.05) is 11.8 Å². The summed E-state index contributed by atoms with van der Waals surface area (Å²) in [5, 5.41) is 0. The molecule has 0 N–H and O–H groups in total. The molecule has 1 heterocycles. The van der Waals surface area contributed by atoms with Crippen LogP contribution in [-0.2, 0) is 50.3 Å². The number of carbonyl (C=O) groups is 3. The van der Waals surface area contributed by atoms with Crippen molar-refractivity contribution in [3.8, 4) is 5.75 Å². The zero-order chi connectivity index (χ0) is 41.3. The molecule has 7 fully saturated rings. The van der Waals surface area contributed by atoms with Crippen LogP contribution in [0.3, 0.4) is 0 Å². The van der Waals surface area contributed by atoms with E-state index in [2.05, 4.69) is 106 Å². The molecular weight excluding hydrogens is 785 g/mol. The fraction of sp³-hybridized carbons (Fsp3) is 0.438. The predicted molar refractivity (Wildman–Crippen MR) is 219 cm³/mol. The Morgan fingerprint density at radius 3 is 1.76 bits per heavy atom. The van der Waals surface area contributed by atoms with Crippen molar-refractivity contribution < 1.29 is 41.6 Å². The van der Waals surface area contributed by atoms with Gasteiger partial charge in [0.25, 0.3) is 0 Å². The normalized spacial score (nSPS) is 31.1. The molecule has 0 amide bonds. The van der Waals surface area contributed by atoms with Gasteiger partial charge in [0.15, 0.2) is 14.7 Å². The molecule has 0 radical (unpaired) electrons. The molecule has 11 heteroatoms. The molecular formula is C48H50O9S2. The number of benzene rings is 4. The fourth-order valence-corrected chi connectivity index (χ4v) is 14.1. The van der Waals surface area contributed by atoms with Gasteiger partial charge in [-0.15, -0.1) is 0 Å². The Morgan fingerprint density at radius 1 is 0.729 bits per heavy atom. The van der Waals surface area contributed by atoms with E-state index >= 15 is 0 Å². The van der Waals surface area contributed by atoms with Crippen molar-refractivity contribution in [2.45, 2.75) is 103 Å². The van der Waals surface area contributed by atoms with E-state index in [0.717, 1.165) is 31.4 Å². The van der Waals surface area contributed by atoms with Crippen molar-refractivity contribution in [1.29, 1.82) is 0 Å². The molecule has 0 aromatic heterocycles. The Morgan fingerprint density at radius 2 is 1.25 bits per heavy atom. The second-order valence-electron chi connectivity index (χ2n) is 18.6. The Hall–Kier alpha value is -4.45. The summed E-state index contributed by atoms with van der Waals surface area (Å²) in [4.78, 5) is 43.2. The maximum absolute atomic E-state index is 13.6. The van der Waals surface area contributed by atoms with E-state index in [9.17, 15) is 27.4 Å². The molecule has 6 bridgehead atoms. The third kappa shape index (κ3) is 7.63. The highest BCUT2D eigenvalue weighted by Gasteiger charge is 2.71. The summed E-state index contributed by atoms with van der Waals surface area (Å²) in [6.07, 6.45) is 5.59. The minimum Gasteiger partial charge on any atom is -0.744 e. The Labute approximate surface area is 349 Å². The number of rotatable bonds is 8. The number of hydrogen-bond acceptors (Lipinski definition) is 9. The first-order chi connectivity index (χ1) is 28.2.